The second kappa shape index (κ2) is 16.8. The second-order valence-electron chi connectivity index (χ2n) is 7.10. The zero-order valence-corrected chi connectivity index (χ0v) is 18.3. The van der Waals surface area contributed by atoms with E-state index in [2.05, 4.69) is 13.8 Å². The molecule has 166 valence electrons. The lowest BCUT2D eigenvalue weighted by atomic mass is 10.1. The van der Waals surface area contributed by atoms with Crippen LogP contribution in [0.15, 0.2) is 0 Å². The summed E-state index contributed by atoms with van der Waals surface area (Å²) >= 11 is 0. The molecule has 0 rings (SSSR count). The van der Waals surface area contributed by atoms with Gasteiger partial charge >= 0.3 is 11.9 Å². The SMILES string of the molecule is CCCCCCCCOC(=O)C(CC(=O)O)S(=O)(=O)OCCCCCCCC. The number of unbranched alkanes of at least 4 members (excludes halogenated alkanes) is 10. The maximum Gasteiger partial charge on any atom is 0.327 e. The Morgan fingerprint density at radius 1 is 0.786 bits per heavy atom. The predicted octanol–water partition coefficient (Wildman–Crippen LogP) is 4.44. The molecule has 0 aromatic rings. The molecule has 0 aromatic heterocycles. The fourth-order valence-electron chi connectivity index (χ4n) is 2.75. The molecule has 0 aromatic carbocycles. The molecule has 0 saturated heterocycles. The molecule has 0 aliphatic heterocycles. The molecule has 8 heteroatoms. The molecule has 0 spiro atoms. The van der Waals surface area contributed by atoms with Gasteiger partial charge in [0.2, 0.25) is 0 Å². The van der Waals surface area contributed by atoms with Crippen molar-refractivity contribution in [1.82, 2.24) is 0 Å². The molecule has 1 atom stereocenters. The predicted molar refractivity (Wildman–Crippen MR) is 109 cm³/mol. The first kappa shape index (κ1) is 26.9. The van der Waals surface area contributed by atoms with Crippen molar-refractivity contribution < 1.29 is 32.0 Å². The summed E-state index contributed by atoms with van der Waals surface area (Å²) in [5.74, 6) is -2.42. The van der Waals surface area contributed by atoms with Crippen LogP contribution >= 0.6 is 0 Å². The topological polar surface area (TPSA) is 107 Å². The molecule has 28 heavy (non-hydrogen) atoms. The third-order valence-corrected chi connectivity index (χ3v) is 6.01. The second-order valence-corrected chi connectivity index (χ2v) is 8.89. The summed E-state index contributed by atoms with van der Waals surface area (Å²) < 4.78 is 34.4. The van der Waals surface area contributed by atoms with E-state index in [9.17, 15) is 18.0 Å². The van der Waals surface area contributed by atoms with E-state index in [1.807, 2.05) is 0 Å². The van der Waals surface area contributed by atoms with E-state index in [1.165, 1.54) is 0 Å². The summed E-state index contributed by atoms with van der Waals surface area (Å²) in [5, 5.41) is 7.14. The number of carbonyl (C=O) groups excluding carboxylic acids is 1. The van der Waals surface area contributed by atoms with Crippen LogP contribution in [0.3, 0.4) is 0 Å². The Hall–Kier alpha value is -1.15. The highest BCUT2D eigenvalue weighted by Gasteiger charge is 2.37. The Morgan fingerprint density at radius 2 is 1.25 bits per heavy atom. The van der Waals surface area contributed by atoms with E-state index in [0.29, 0.717) is 12.8 Å². The standard InChI is InChI=1S/C20H38O7S/c1-3-5-7-9-11-13-15-26-20(23)18(17-19(21)22)28(24,25)27-16-14-12-10-8-6-4-2/h18H,3-17H2,1-2H3,(H,21,22). The molecular weight excluding hydrogens is 384 g/mol. The molecular formula is C20H38O7S. The number of carboxylic acids is 1. The van der Waals surface area contributed by atoms with Crippen molar-refractivity contribution in [1.29, 1.82) is 0 Å². The van der Waals surface area contributed by atoms with Crippen molar-refractivity contribution in [2.75, 3.05) is 13.2 Å². The van der Waals surface area contributed by atoms with Gasteiger partial charge in [-0.15, -0.1) is 0 Å². The zero-order valence-electron chi connectivity index (χ0n) is 17.5. The molecule has 1 unspecified atom stereocenters. The summed E-state index contributed by atoms with van der Waals surface area (Å²) in [6.45, 7) is 4.28. The lowest BCUT2D eigenvalue weighted by Gasteiger charge is -2.15. The molecule has 0 aliphatic carbocycles. The summed E-state index contributed by atoms with van der Waals surface area (Å²) in [5.41, 5.74) is 0. The minimum absolute atomic E-state index is 0.0463. The van der Waals surface area contributed by atoms with Gasteiger partial charge in [-0.2, -0.15) is 8.42 Å². The van der Waals surface area contributed by atoms with Gasteiger partial charge in [-0.3, -0.25) is 13.8 Å². The minimum atomic E-state index is -4.32. The molecule has 1 N–H and O–H groups in total. The average molecular weight is 423 g/mol. The van der Waals surface area contributed by atoms with Crippen molar-refractivity contribution in [3.63, 3.8) is 0 Å². The van der Waals surface area contributed by atoms with Crippen molar-refractivity contribution in [2.45, 2.75) is 103 Å². The first-order valence-corrected chi connectivity index (χ1v) is 12.1. The third-order valence-electron chi connectivity index (χ3n) is 4.46. The number of carboxylic acid groups (broad SMARTS) is 1. The largest absolute Gasteiger partial charge is 0.481 e. The summed E-state index contributed by atoms with van der Waals surface area (Å²) in [4.78, 5) is 23.1. The van der Waals surface area contributed by atoms with Crippen molar-refractivity contribution in [2.24, 2.45) is 0 Å². The number of ether oxygens (including phenoxy) is 1. The Bertz CT molecular complexity index is 517. The van der Waals surface area contributed by atoms with Crippen molar-refractivity contribution in [3.05, 3.63) is 0 Å². The van der Waals surface area contributed by atoms with Gasteiger partial charge in [0.15, 0.2) is 5.25 Å². The van der Waals surface area contributed by atoms with Crippen molar-refractivity contribution in [3.8, 4) is 0 Å². The summed E-state index contributed by atoms with van der Waals surface area (Å²) in [6.07, 6.45) is 10.9. The van der Waals surface area contributed by atoms with Gasteiger partial charge in [-0.25, -0.2) is 0 Å². The third kappa shape index (κ3) is 13.9. The van der Waals surface area contributed by atoms with Gasteiger partial charge in [0.05, 0.1) is 19.6 Å². The Labute approximate surface area is 170 Å². The number of rotatable bonds is 19. The lowest BCUT2D eigenvalue weighted by Crippen LogP contribution is -2.35. The van der Waals surface area contributed by atoms with E-state index in [-0.39, 0.29) is 13.2 Å². The van der Waals surface area contributed by atoms with Crippen LogP contribution in [0.1, 0.15) is 97.3 Å². The van der Waals surface area contributed by atoms with Crippen molar-refractivity contribution >= 4 is 22.1 Å². The van der Waals surface area contributed by atoms with Gasteiger partial charge < -0.3 is 9.84 Å². The van der Waals surface area contributed by atoms with Gasteiger partial charge in [-0.05, 0) is 12.8 Å². The normalized spacial score (nSPS) is 12.6. The van der Waals surface area contributed by atoms with Gasteiger partial charge in [0, 0.05) is 0 Å². The Balaban J connectivity index is 4.36. The fraction of sp³-hybridized carbons (Fsp3) is 0.900. The van der Waals surface area contributed by atoms with Gasteiger partial charge in [0.25, 0.3) is 10.1 Å². The monoisotopic (exact) mass is 422 g/mol. The first-order valence-electron chi connectivity index (χ1n) is 10.6. The van der Waals surface area contributed by atoms with E-state index in [1.54, 1.807) is 0 Å². The van der Waals surface area contributed by atoms with E-state index in [0.717, 1.165) is 64.2 Å². The Morgan fingerprint density at radius 3 is 1.75 bits per heavy atom. The van der Waals surface area contributed by atoms with E-state index >= 15 is 0 Å². The highest BCUT2D eigenvalue weighted by molar-refractivity contribution is 7.88. The molecule has 0 bridgehead atoms. The number of esters is 1. The van der Waals surface area contributed by atoms with E-state index < -0.39 is 33.7 Å². The fourth-order valence-corrected chi connectivity index (χ4v) is 3.91. The number of hydrogen-bond acceptors (Lipinski definition) is 6. The van der Waals surface area contributed by atoms with Crippen LogP contribution in [-0.4, -0.2) is 43.9 Å². The quantitative estimate of drug-likeness (QED) is 0.186. The molecule has 7 nitrogen and oxygen atoms in total. The van der Waals surface area contributed by atoms with Gasteiger partial charge in [0.1, 0.15) is 0 Å². The zero-order chi connectivity index (χ0) is 21.3. The van der Waals surface area contributed by atoms with Crippen LogP contribution in [0.5, 0.6) is 0 Å². The van der Waals surface area contributed by atoms with Gasteiger partial charge in [-0.1, -0.05) is 78.1 Å². The van der Waals surface area contributed by atoms with Crippen LogP contribution in [0.25, 0.3) is 0 Å². The molecule has 0 radical (unpaired) electrons. The van der Waals surface area contributed by atoms with Crippen LogP contribution in [0.2, 0.25) is 0 Å². The smallest absolute Gasteiger partial charge is 0.327 e. The molecule has 0 amide bonds. The number of carbonyl (C=O) groups is 2. The molecule has 0 aliphatic rings. The highest BCUT2D eigenvalue weighted by Crippen LogP contribution is 2.14. The summed E-state index contributed by atoms with van der Waals surface area (Å²) in [7, 11) is -4.32. The van der Waals surface area contributed by atoms with Crippen LogP contribution in [0.4, 0.5) is 0 Å². The van der Waals surface area contributed by atoms with Crippen LogP contribution < -0.4 is 0 Å². The van der Waals surface area contributed by atoms with Crippen LogP contribution in [0, 0.1) is 0 Å². The summed E-state index contributed by atoms with van der Waals surface area (Å²) in [6, 6.07) is 0. The maximum absolute atomic E-state index is 12.3. The Kier molecular flexibility index (Phi) is 16.1. The first-order chi connectivity index (χ1) is 13.3. The molecule has 0 saturated carbocycles. The maximum atomic E-state index is 12.3. The lowest BCUT2D eigenvalue weighted by molar-refractivity contribution is -0.147. The van der Waals surface area contributed by atoms with Crippen LogP contribution in [-0.2, 0) is 28.6 Å². The molecule has 0 fully saturated rings. The number of aliphatic carboxylic acids is 1. The van der Waals surface area contributed by atoms with E-state index in [4.69, 9.17) is 14.0 Å². The minimum Gasteiger partial charge on any atom is -0.481 e. The number of hydrogen-bond donors (Lipinski definition) is 1. The molecule has 0 heterocycles. The highest BCUT2D eigenvalue weighted by atomic mass is 32.2. The average Bonchev–Trinajstić information content (AvgIpc) is 2.64.